The Labute approximate surface area is 206 Å². The van der Waals surface area contributed by atoms with Gasteiger partial charge in [0, 0.05) is 51.9 Å². The molecule has 10 nitrogen and oxygen atoms in total. The van der Waals surface area contributed by atoms with E-state index in [1.165, 1.54) is 17.2 Å². The van der Waals surface area contributed by atoms with Gasteiger partial charge in [0.2, 0.25) is 0 Å². The molecule has 2 aromatic rings. The maximum atomic E-state index is 13.1. The molecule has 1 amide bonds. The zero-order valence-corrected chi connectivity index (χ0v) is 21.0. The van der Waals surface area contributed by atoms with Gasteiger partial charge in [0.1, 0.15) is 11.5 Å². The minimum absolute atomic E-state index is 0.0253. The second-order valence-corrected chi connectivity index (χ2v) is 10.3. The van der Waals surface area contributed by atoms with Gasteiger partial charge in [-0.05, 0) is 41.3 Å². The van der Waals surface area contributed by atoms with Crippen molar-refractivity contribution in [2.75, 3.05) is 33.2 Å². The molecule has 35 heavy (non-hydrogen) atoms. The van der Waals surface area contributed by atoms with Crippen LogP contribution in [0.2, 0.25) is 0 Å². The van der Waals surface area contributed by atoms with Crippen molar-refractivity contribution in [3.63, 3.8) is 0 Å². The molecule has 192 valence electrons. The van der Waals surface area contributed by atoms with E-state index in [9.17, 15) is 15.0 Å². The molecule has 2 aliphatic rings. The summed E-state index contributed by atoms with van der Waals surface area (Å²) in [6.45, 7) is 10.3. The number of phenolic OH excluding ortho intramolecular Hbond substituents is 2. The van der Waals surface area contributed by atoms with Crippen LogP contribution in [0.4, 0.5) is 0 Å². The molecule has 2 heterocycles. The molecular formula is C24H33N3O7S. The Balaban J connectivity index is 0.000000623. The zero-order chi connectivity index (χ0) is 25.9. The molecule has 4 rings (SSSR count). The number of hydrogen-bond donors (Lipinski definition) is 4. The third-order valence-electron chi connectivity index (χ3n) is 6.28. The lowest BCUT2D eigenvalue weighted by molar-refractivity contribution is 0.0748. The van der Waals surface area contributed by atoms with Crippen molar-refractivity contribution in [1.29, 1.82) is 0 Å². The summed E-state index contributed by atoms with van der Waals surface area (Å²) in [6, 6.07) is 9.42. The van der Waals surface area contributed by atoms with Crippen molar-refractivity contribution >= 4 is 16.3 Å². The van der Waals surface area contributed by atoms with Crippen molar-refractivity contribution in [3.8, 4) is 11.5 Å². The number of hydrogen-bond acceptors (Lipinski definition) is 7. The second kappa shape index (κ2) is 10.9. The summed E-state index contributed by atoms with van der Waals surface area (Å²) < 4.78 is 31.6. The van der Waals surface area contributed by atoms with Crippen LogP contribution in [0.25, 0.3) is 0 Å². The van der Waals surface area contributed by atoms with Crippen LogP contribution in [-0.4, -0.2) is 81.6 Å². The fraction of sp³-hybridized carbons (Fsp3) is 0.458. The monoisotopic (exact) mass is 507 g/mol. The number of nitrogens with zero attached hydrogens (tertiary/aromatic N) is 3. The number of rotatable bonds is 4. The number of carbonyl (C=O) groups is 1. The van der Waals surface area contributed by atoms with Gasteiger partial charge < -0.3 is 20.0 Å². The number of fused-ring (bicyclic) bond motifs is 1. The molecule has 1 saturated heterocycles. The van der Waals surface area contributed by atoms with Crippen LogP contribution in [-0.2, 0) is 30.0 Å². The fourth-order valence-corrected chi connectivity index (χ4v) is 4.35. The first-order valence-corrected chi connectivity index (χ1v) is 12.8. The Morgan fingerprint density at radius 1 is 0.943 bits per heavy atom. The van der Waals surface area contributed by atoms with Gasteiger partial charge in [-0.15, -0.1) is 0 Å². The van der Waals surface area contributed by atoms with Gasteiger partial charge >= 0.3 is 10.4 Å². The number of phenols is 2. The highest BCUT2D eigenvalue weighted by Gasteiger charge is 2.27. The number of carbonyl (C=O) groups excluding carboxylic acids is 1. The molecule has 0 atom stereocenters. The van der Waals surface area contributed by atoms with E-state index in [1.54, 1.807) is 11.0 Å². The number of amides is 1. The molecule has 0 bridgehead atoms. The lowest BCUT2D eigenvalue weighted by Crippen LogP contribution is -2.43. The predicted octanol–water partition coefficient (Wildman–Crippen LogP) is 2.47. The average molecular weight is 508 g/mol. The van der Waals surface area contributed by atoms with Gasteiger partial charge in [-0.2, -0.15) is 8.42 Å². The minimum Gasteiger partial charge on any atom is -0.508 e. The van der Waals surface area contributed by atoms with Crippen molar-refractivity contribution in [2.24, 2.45) is 0 Å². The van der Waals surface area contributed by atoms with Gasteiger partial charge in [0.05, 0.1) is 5.56 Å². The van der Waals surface area contributed by atoms with Crippen molar-refractivity contribution in [2.45, 2.75) is 39.4 Å². The SMILES string of the molecule is CC(C)c1cc(C(=O)N2Cc3ccc(CN4CCN(C)CC4)cc3C2)c(O)cc1O.O=S(=O)(O)O. The Morgan fingerprint density at radius 2 is 1.54 bits per heavy atom. The molecule has 0 aliphatic carbocycles. The van der Waals surface area contributed by atoms with Crippen LogP contribution < -0.4 is 0 Å². The van der Waals surface area contributed by atoms with E-state index in [-0.39, 0.29) is 28.9 Å². The first-order chi connectivity index (χ1) is 16.3. The normalized spacial score (nSPS) is 16.7. The standard InChI is InChI=1S/C24H31N3O3.H2O4S/c1-16(2)20-11-21(23(29)12-22(20)28)24(30)27-14-18-5-4-17(10-19(18)15-27)13-26-8-6-25(3)7-9-26;1-5(2,3)4/h4-5,10-12,16,28-29H,6-9,13-15H2,1-3H3;(H2,1,2,3,4). The molecule has 0 spiro atoms. The summed E-state index contributed by atoms with van der Waals surface area (Å²) in [5.74, 6) is -0.290. The molecule has 1 fully saturated rings. The quantitative estimate of drug-likeness (QED) is 0.459. The maximum Gasteiger partial charge on any atom is 0.394 e. The summed E-state index contributed by atoms with van der Waals surface area (Å²) >= 11 is 0. The molecule has 0 radical (unpaired) electrons. The number of aromatic hydroxyl groups is 2. The van der Waals surface area contributed by atoms with Crippen molar-refractivity contribution < 1.29 is 32.5 Å². The average Bonchev–Trinajstić information content (AvgIpc) is 3.17. The van der Waals surface area contributed by atoms with E-state index in [4.69, 9.17) is 17.5 Å². The molecule has 0 unspecified atom stereocenters. The molecule has 11 heteroatoms. The molecule has 0 aromatic heterocycles. The van der Waals surface area contributed by atoms with Crippen LogP contribution in [0.5, 0.6) is 11.5 Å². The van der Waals surface area contributed by atoms with E-state index >= 15 is 0 Å². The van der Waals surface area contributed by atoms with Crippen LogP contribution in [0.15, 0.2) is 30.3 Å². The molecular weight excluding hydrogens is 474 g/mol. The third kappa shape index (κ3) is 7.39. The van der Waals surface area contributed by atoms with Crippen LogP contribution in [0.1, 0.15) is 52.4 Å². The highest BCUT2D eigenvalue weighted by molar-refractivity contribution is 7.79. The smallest absolute Gasteiger partial charge is 0.394 e. The summed E-state index contributed by atoms with van der Waals surface area (Å²) in [4.78, 5) is 19.7. The van der Waals surface area contributed by atoms with Crippen LogP contribution >= 0.6 is 0 Å². The van der Waals surface area contributed by atoms with E-state index in [1.807, 2.05) is 13.8 Å². The lowest BCUT2D eigenvalue weighted by atomic mass is 9.98. The van der Waals surface area contributed by atoms with E-state index in [0.717, 1.165) is 38.3 Å². The minimum atomic E-state index is -4.67. The van der Waals surface area contributed by atoms with Gasteiger partial charge in [-0.3, -0.25) is 18.8 Å². The van der Waals surface area contributed by atoms with Gasteiger partial charge in [0.25, 0.3) is 5.91 Å². The molecule has 2 aliphatic heterocycles. The van der Waals surface area contributed by atoms with Gasteiger partial charge in [-0.25, -0.2) is 0 Å². The van der Waals surface area contributed by atoms with E-state index < -0.39 is 10.4 Å². The summed E-state index contributed by atoms with van der Waals surface area (Å²) in [5.41, 5.74) is 4.54. The first-order valence-electron chi connectivity index (χ1n) is 11.4. The van der Waals surface area contributed by atoms with Crippen molar-refractivity contribution in [3.05, 3.63) is 58.1 Å². The molecule has 0 saturated carbocycles. The fourth-order valence-electron chi connectivity index (χ4n) is 4.35. The second-order valence-electron chi connectivity index (χ2n) is 9.37. The zero-order valence-electron chi connectivity index (χ0n) is 20.2. The lowest BCUT2D eigenvalue weighted by Gasteiger charge is -2.32. The molecule has 4 N–H and O–H groups in total. The summed E-state index contributed by atoms with van der Waals surface area (Å²) in [6.07, 6.45) is 0. The van der Waals surface area contributed by atoms with Gasteiger partial charge in [-0.1, -0.05) is 32.0 Å². The number of likely N-dealkylation sites (N-methyl/N-ethyl adjacent to an activating group) is 1. The van der Waals surface area contributed by atoms with Gasteiger partial charge in [0.15, 0.2) is 0 Å². The van der Waals surface area contributed by atoms with Crippen molar-refractivity contribution in [1.82, 2.24) is 14.7 Å². The van der Waals surface area contributed by atoms with E-state index in [2.05, 4.69) is 35.0 Å². The Hall–Kier alpha value is -2.70. The largest absolute Gasteiger partial charge is 0.508 e. The highest BCUT2D eigenvalue weighted by Crippen LogP contribution is 2.34. The summed E-state index contributed by atoms with van der Waals surface area (Å²) in [7, 11) is -2.51. The topological polar surface area (TPSA) is 142 Å². The molecule has 2 aromatic carbocycles. The Morgan fingerprint density at radius 3 is 2.14 bits per heavy atom. The Kier molecular flexibility index (Phi) is 8.39. The first kappa shape index (κ1) is 26.9. The predicted molar refractivity (Wildman–Crippen MR) is 131 cm³/mol. The Bertz CT molecular complexity index is 1170. The maximum absolute atomic E-state index is 13.1. The summed E-state index contributed by atoms with van der Waals surface area (Å²) in [5, 5.41) is 20.3. The number of piperazine rings is 1. The third-order valence-corrected chi connectivity index (χ3v) is 6.28. The highest BCUT2D eigenvalue weighted by atomic mass is 32.3. The van der Waals surface area contributed by atoms with Crippen LogP contribution in [0, 0.1) is 0 Å². The van der Waals surface area contributed by atoms with Crippen LogP contribution in [0.3, 0.4) is 0 Å². The van der Waals surface area contributed by atoms with E-state index in [0.29, 0.717) is 18.7 Å². The number of benzene rings is 2.